The van der Waals surface area contributed by atoms with E-state index in [4.69, 9.17) is 5.11 Å². The number of benzene rings is 1. The predicted molar refractivity (Wildman–Crippen MR) is 67.1 cm³/mol. The van der Waals surface area contributed by atoms with Gasteiger partial charge < -0.3 is 10.4 Å². The van der Waals surface area contributed by atoms with Crippen molar-refractivity contribution in [3.05, 3.63) is 34.9 Å². The first-order chi connectivity index (χ1) is 7.88. The Labute approximate surface area is 102 Å². The molecule has 0 bridgehead atoms. The molecular formula is C14H19NO2. The van der Waals surface area contributed by atoms with E-state index in [1.54, 1.807) is 0 Å². The van der Waals surface area contributed by atoms with Gasteiger partial charge in [0.2, 0.25) is 0 Å². The topological polar surface area (TPSA) is 49.3 Å². The van der Waals surface area contributed by atoms with Crippen molar-refractivity contribution in [2.24, 2.45) is 0 Å². The summed E-state index contributed by atoms with van der Waals surface area (Å²) in [5, 5.41) is 12.0. The minimum Gasteiger partial charge on any atom is -0.480 e. The Morgan fingerprint density at radius 3 is 2.65 bits per heavy atom. The van der Waals surface area contributed by atoms with E-state index in [9.17, 15) is 4.79 Å². The second kappa shape index (κ2) is 4.15. The molecular weight excluding hydrogens is 214 g/mol. The van der Waals surface area contributed by atoms with Gasteiger partial charge >= 0.3 is 5.97 Å². The number of aliphatic carboxylic acids is 1. The number of carboxylic acids is 1. The zero-order valence-electron chi connectivity index (χ0n) is 10.6. The van der Waals surface area contributed by atoms with E-state index in [1.807, 2.05) is 0 Å². The lowest BCUT2D eigenvalue weighted by molar-refractivity contribution is -0.139. The summed E-state index contributed by atoms with van der Waals surface area (Å²) in [5.41, 5.74) is 3.82. The monoisotopic (exact) mass is 233 g/mol. The number of carboxylic acid groups (broad SMARTS) is 1. The average Bonchev–Trinajstić information content (AvgIpc) is 2.26. The molecule has 1 aromatic rings. The molecule has 2 N–H and O–H groups in total. The van der Waals surface area contributed by atoms with Crippen LogP contribution in [0, 0.1) is 0 Å². The molecule has 0 amide bonds. The first kappa shape index (κ1) is 12.1. The molecule has 0 saturated heterocycles. The standard InChI is InChI=1S/C14H19NO2/c1-14(2,3)11-5-4-9-7-12(13(16)17)15-8-10(9)6-11/h4-6,12,15H,7-8H2,1-3H3,(H,16,17)/t12-/m1/s1. The highest BCUT2D eigenvalue weighted by molar-refractivity contribution is 5.74. The fourth-order valence-corrected chi connectivity index (χ4v) is 2.16. The van der Waals surface area contributed by atoms with Crippen molar-refractivity contribution in [1.29, 1.82) is 0 Å². The maximum Gasteiger partial charge on any atom is 0.321 e. The van der Waals surface area contributed by atoms with Gasteiger partial charge in [0.15, 0.2) is 0 Å². The molecule has 0 unspecified atom stereocenters. The molecule has 3 nitrogen and oxygen atoms in total. The Balaban J connectivity index is 2.29. The number of carbonyl (C=O) groups is 1. The van der Waals surface area contributed by atoms with Crippen molar-refractivity contribution in [2.45, 2.75) is 45.2 Å². The number of rotatable bonds is 1. The maximum atomic E-state index is 10.9. The predicted octanol–water partition coefficient (Wildman–Crippen LogP) is 2.08. The van der Waals surface area contributed by atoms with Gasteiger partial charge in [0.1, 0.15) is 6.04 Å². The highest BCUT2D eigenvalue weighted by atomic mass is 16.4. The lowest BCUT2D eigenvalue weighted by Gasteiger charge is -2.26. The molecule has 1 aliphatic heterocycles. The van der Waals surface area contributed by atoms with E-state index in [0.717, 1.165) is 5.56 Å². The summed E-state index contributed by atoms with van der Waals surface area (Å²) in [6, 6.07) is 5.94. The molecule has 92 valence electrons. The Morgan fingerprint density at radius 2 is 2.06 bits per heavy atom. The van der Waals surface area contributed by atoms with Crippen molar-refractivity contribution >= 4 is 5.97 Å². The number of fused-ring (bicyclic) bond motifs is 1. The third kappa shape index (κ3) is 2.50. The first-order valence-electron chi connectivity index (χ1n) is 5.96. The number of hydrogen-bond acceptors (Lipinski definition) is 2. The van der Waals surface area contributed by atoms with E-state index < -0.39 is 12.0 Å². The molecule has 1 atom stereocenters. The van der Waals surface area contributed by atoms with Crippen LogP contribution in [0.1, 0.15) is 37.5 Å². The SMILES string of the molecule is CC(C)(C)c1ccc2c(c1)CN[C@@H](C(=O)O)C2. The van der Waals surface area contributed by atoms with Gasteiger partial charge in [-0.3, -0.25) is 4.79 Å². The second-order valence-electron chi connectivity index (χ2n) is 5.71. The van der Waals surface area contributed by atoms with Crippen LogP contribution in [-0.4, -0.2) is 17.1 Å². The van der Waals surface area contributed by atoms with Crippen LogP contribution in [0.4, 0.5) is 0 Å². The van der Waals surface area contributed by atoms with E-state index in [2.05, 4.69) is 44.3 Å². The van der Waals surface area contributed by atoms with Gasteiger partial charge in [0.05, 0.1) is 0 Å². The molecule has 17 heavy (non-hydrogen) atoms. The lowest BCUT2D eigenvalue weighted by Crippen LogP contribution is -2.41. The van der Waals surface area contributed by atoms with Crippen LogP contribution >= 0.6 is 0 Å². The minimum absolute atomic E-state index is 0.138. The third-order valence-electron chi connectivity index (χ3n) is 3.33. The normalized spacial score (nSPS) is 19.8. The summed E-state index contributed by atoms with van der Waals surface area (Å²) in [5.74, 6) is -0.768. The molecule has 2 rings (SSSR count). The Bertz CT molecular complexity index is 446. The fraction of sp³-hybridized carbons (Fsp3) is 0.500. The lowest BCUT2D eigenvalue weighted by atomic mass is 9.83. The maximum absolute atomic E-state index is 10.9. The Morgan fingerprint density at radius 1 is 1.35 bits per heavy atom. The molecule has 0 saturated carbocycles. The summed E-state index contributed by atoms with van der Waals surface area (Å²) in [4.78, 5) is 10.9. The summed E-state index contributed by atoms with van der Waals surface area (Å²) in [6.45, 7) is 7.21. The van der Waals surface area contributed by atoms with Crippen LogP contribution in [0.2, 0.25) is 0 Å². The highest BCUT2D eigenvalue weighted by Gasteiger charge is 2.24. The van der Waals surface area contributed by atoms with E-state index in [-0.39, 0.29) is 5.41 Å². The zero-order valence-corrected chi connectivity index (χ0v) is 10.6. The summed E-state index contributed by atoms with van der Waals surface area (Å²) in [7, 11) is 0. The Hall–Kier alpha value is -1.35. The second-order valence-corrected chi connectivity index (χ2v) is 5.71. The van der Waals surface area contributed by atoms with Gasteiger partial charge in [-0.2, -0.15) is 0 Å². The molecule has 1 aromatic carbocycles. The van der Waals surface area contributed by atoms with Crippen molar-refractivity contribution < 1.29 is 9.90 Å². The van der Waals surface area contributed by atoms with E-state index >= 15 is 0 Å². The van der Waals surface area contributed by atoms with Crippen molar-refractivity contribution in [3.8, 4) is 0 Å². The number of hydrogen-bond donors (Lipinski definition) is 2. The van der Waals surface area contributed by atoms with Crippen LogP contribution < -0.4 is 5.32 Å². The largest absolute Gasteiger partial charge is 0.480 e. The van der Waals surface area contributed by atoms with Crippen molar-refractivity contribution in [3.63, 3.8) is 0 Å². The van der Waals surface area contributed by atoms with Crippen LogP contribution in [0.25, 0.3) is 0 Å². The molecule has 0 fully saturated rings. The van der Waals surface area contributed by atoms with Gasteiger partial charge in [-0.1, -0.05) is 39.0 Å². The quantitative estimate of drug-likeness (QED) is 0.780. The van der Waals surface area contributed by atoms with Crippen LogP contribution in [0.3, 0.4) is 0 Å². The average molecular weight is 233 g/mol. The summed E-state index contributed by atoms with van der Waals surface area (Å²) in [6.07, 6.45) is 0.578. The fourth-order valence-electron chi connectivity index (χ4n) is 2.16. The third-order valence-corrected chi connectivity index (χ3v) is 3.33. The van der Waals surface area contributed by atoms with E-state index in [0.29, 0.717) is 13.0 Å². The molecule has 1 heterocycles. The Kier molecular flexibility index (Phi) is 2.96. The van der Waals surface area contributed by atoms with Gasteiger partial charge in [-0.05, 0) is 28.5 Å². The van der Waals surface area contributed by atoms with Crippen LogP contribution in [0.5, 0.6) is 0 Å². The molecule has 0 aromatic heterocycles. The summed E-state index contributed by atoms with van der Waals surface area (Å²) >= 11 is 0. The van der Waals surface area contributed by atoms with Crippen molar-refractivity contribution in [1.82, 2.24) is 5.32 Å². The smallest absolute Gasteiger partial charge is 0.321 e. The minimum atomic E-state index is -0.768. The molecule has 0 radical (unpaired) electrons. The summed E-state index contributed by atoms with van der Waals surface area (Å²) < 4.78 is 0. The van der Waals surface area contributed by atoms with Crippen LogP contribution in [-0.2, 0) is 23.2 Å². The molecule has 0 aliphatic carbocycles. The van der Waals surface area contributed by atoms with E-state index in [1.165, 1.54) is 11.1 Å². The van der Waals surface area contributed by atoms with Crippen molar-refractivity contribution in [2.75, 3.05) is 0 Å². The van der Waals surface area contributed by atoms with Gasteiger partial charge in [-0.25, -0.2) is 0 Å². The van der Waals surface area contributed by atoms with Gasteiger partial charge in [0, 0.05) is 6.54 Å². The number of nitrogens with one attached hydrogen (secondary N) is 1. The molecule has 3 heteroatoms. The molecule has 0 spiro atoms. The molecule has 1 aliphatic rings. The van der Waals surface area contributed by atoms with Gasteiger partial charge in [0.25, 0.3) is 0 Å². The van der Waals surface area contributed by atoms with Gasteiger partial charge in [-0.15, -0.1) is 0 Å². The zero-order chi connectivity index (χ0) is 12.6. The highest BCUT2D eigenvalue weighted by Crippen LogP contribution is 2.26. The first-order valence-corrected chi connectivity index (χ1v) is 5.96. The van der Waals surface area contributed by atoms with Crippen LogP contribution in [0.15, 0.2) is 18.2 Å².